The molecular weight excluding hydrogens is 317 g/mol. The Bertz CT molecular complexity index is 528. The van der Waals surface area contributed by atoms with Crippen molar-refractivity contribution in [3.8, 4) is 0 Å². The van der Waals surface area contributed by atoms with Crippen molar-refractivity contribution in [3.05, 3.63) is 50.6 Å². The summed E-state index contributed by atoms with van der Waals surface area (Å²) in [7, 11) is 0. The van der Waals surface area contributed by atoms with Crippen molar-refractivity contribution < 1.29 is 9.50 Å². The van der Waals surface area contributed by atoms with Crippen LogP contribution in [0.3, 0.4) is 0 Å². The predicted molar refractivity (Wildman–Crippen MR) is 74.1 cm³/mol. The molecule has 1 N–H and O–H groups in total. The minimum absolute atomic E-state index is 0.393. The lowest BCUT2D eigenvalue weighted by Crippen LogP contribution is -2.28. The Kier molecular flexibility index (Phi) is 4.14. The summed E-state index contributed by atoms with van der Waals surface area (Å²) >= 11 is 4.98. The summed E-state index contributed by atoms with van der Waals surface area (Å²) in [5.41, 5.74) is -0.534. The van der Waals surface area contributed by atoms with Crippen molar-refractivity contribution in [1.82, 2.24) is 4.98 Å². The molecule has 18 heavy (non-hydrogen) atoms. The molecule has 5 heteroatoms. The van der Waals surface area contributed by atoms with Crippen LogP contribution < -0.4 is 0 Å². The third-order valence-electron chi connectivity index (χ3n) is 2.88. The number of rotatable bonds is 4. The molecule has 2 nitrogen and oxygen atoms in total. The largest absolute Gasteiger partial charge is 0.383 e. The topological polar surface area (TPSA) is 33.1 Å². The van der Waals surface area contributed by atoms with E-state index in [1.807, 2.05) is 19.1 Å². The number of hydrogen-bond acceptors (Lipinski definition) is 3. The highest BCUT2D eigenvalue weighted by atomic mass is 79.9. The predicted octanol–water partition coefficient (Wildman–Crippen LogP) is 3.89. The van der Waals surface area contributed by atoms with Crippen LogP contribution in [-0.4, -0.2) is 10.1 Å². The van der Waals surface area contributed by atoms with E-state index in [-0.39, 0.29) is 0 Å². The number of halogens is 2. The Balaban J connectivity index is 2.27. The van der Waals surface area contributed by atoms with Crippen molar-refractivity contribution >= 4 is 27.3 Å². The van der Waals surface area contributed by atoms with Gasteiger partial charge in [-0.25, -0.2) is 4.39 Å². The summed E-state index contributed by atoms with van der Waals surface area (Å²) < 4.78 is 13.9. The van der Waals surface area contributed by atoms with Crippen LogP contribution in [-0.2, 0) is 12.0 Å². The van der Waals surface area contributed by atoms with E-state index in [0.717, 1.165) is 14.9 Å². The lowest BCUT2D eigenvalue weighted by Gasteiger charge is -2.25. The third kappa shape index (κ3) is 2.96. The molecule has 0 aliphatic heterocycles. The molecule has 0 saturated carbocycles. The first kappa shape index (κ1) is 13.6. The minimum atomic E-state index is -1.04. The van der Waals surface area contributed by atoms with E-state index >= 15 is 0 Å². The monoisotopic (exact) mass is 329 g/mol. The molecule has 0 aromatic carbocycles. The fraction of sp³-hybridized carbons (Fsp3) is 0.308. The maximum atomic E-state index is 12.9. The fourth-order valence-electron chi connectivity index (χ4n) is 1.78. The molecule has 0 radical (unpaired) electrons. The highest BCUT2D eigenvalue weighted by molar-refractivity contribution is 9.11. The van der Waals surface area contributed by atoms with Crippen LogP contribution in [0, 0.1) is 5.82 Å². The van der Waals surface area contributed by atoms with Gasteiger partial charge >= 0.3 is 0 Å². The summed E-state index contributed by atoms with van der Waals surface area (Å²) in [5.74, 6) is -0.393. The van der Waals surface area contributed by atoms with Gasteiger partial charge in [0.2, 0.25) is 0 Å². The number of thiophene rings is 1. The van der Waals surface area contributed by atoms with Crippen LogP contribution in [0.15, 0.2) is 34.2 Å². The Labute approximate surface area is 118 Å². The molecule has 0 fully saturated rings. The fourth-order valence-corrected chi connectivity index (χ4v) is 3.37. The second-order valence-electron chi connectivity index (χ2n) is 4.13. The smallest absolute Gasteiger partial charge is 0.141 e. The minimum Gasteiger partial charge on any atom is -0.383 e. The normalized spacial score (nSPS) is 14.4. The highest BCUT2D eigenvalue weighted by Gasteiger charge is 2.29. The first-order chi connectivity index (χ1) is 8.53. The maximum Gasteiger partial charge on any atom is 0.141 e. The first-order valence-electron chi connectivity index (χ1n) is 5.62. The van der Waals surface area contributed by atoms with Gasteiger partial charge in [0.15, 0.2) is 0 Å². The molecule has 1 atom stereocenters. The van der Waals surface area contributed by atoms with Crippen LogP contribution in [0.25, 0.3) is 0 Å². The molecule has 2 aromatic rings. The number of aromatic nitrogens is 1. The molecule has 0 bridgehead atoms. The Morgan fingerprint density at radius 1 is 1.39 bits per heavy atom. The van der Waals surface area contributed by atoms with E-state index in [2.05, 4.69) is 20.9 Å². The summed E-state index contributed by atoms with van der Waals surface area (Å²) in [6.07, 6.45) is 2.15. The van der Waals surface area contributed by atoms with E-state index in [1.54, 1.807) is 17.4 Å². The van der Waals surface area contributed by atoms with Crippen LogP contribution in [0.2, 0.25) is 0 Å². The van der Waals surface area contributed by atoms with E-state index < -0.39 is 11.4 Å². The molecule has 2 rings (SSSR count). The zero-order valence-electron chi connectivity index (χ0n) is 9.86. The molecule has 96 valence electrons. The molecule has 1 unspecified atom stereocenters. The highest BCUT2D eigenvalue weighted by Crippen LogP contribution is 2.32. The van der Waals surface area contributed by atoms with Crippen molar-refractivity contribution in [2.75, 3.05) is 0 Å². The number of nitrogens with zero attached hydrogens (tertiary/aromatic N) is 1. The van der Waals surface area contributed by atoms with E-state index in [1.165, 1.54) is 6.07 Å². The molecule has 2 heterocycles. The van der Waals surface area contributed by atoms with Gasteiger partial charge in [0, 0.05) is 11.3 Å². The Hall–Kier alpha value is -0.780. The molecule has 0 amide bonds. The van der Waals surface area contributed by atoms with Gasteiger partial charge in [-0.3, -0.25) is 4.98 Å². The van der Waals surface area contributed by atoms with Gasteiger partial charge < -0.3 is 5.11 Å². The first-order valence-corrected chi connectivity index (χ1v) is 7.23. The van der Waals surface area contributed by atoms with E-state index in [0.29, 0.717) is 18.5 Å². The van der Waals surface area contributed by atoms with Gasteiger partial charge in [-0.15, -0.1) is 11.3 Å². The van der Waals surface area contributed by atoms with Crippen molar-refractivity contribution in [1.29, 1.82) is 0 Å². The van der Waals surface area contributed by atoms with Gasteiger partial charge in [0.1, 0.15) is 11.4 Å². The second kappa shape index (κ2) is 5.47. The average molecular weight is 330 g/mol. The Morgan fingerprint density at radius 2 is 2.17 bits per heavy atom. The Morgan fingerprint density at radius 3 is 2.67 bits per heavy atom. The zero-order valence-corrected chi connectivity index (χ0v) is 12.3. The van der Waals surface area contributed by atoms with E-state index in [4.69, 9.17) is 0 Å². The second-order valence-corrected chi connectivity index (χ2v) is 6.68. The molecule has 0 spiro atoms. The summed E-state index contributed by atoms with van der Waals surface area (Å²) in [6, 6.07) is 6.79. The summed E-state index contributed by atoms with van der Waals surface area (Å²) in [5, 5.41) is 10.7. The quantitative estimate of drug-likeness (QED) is 0.923. The number of hydrogen-bond donors (Lipinski definition) is 1. The summed E-state index contributed by atoms with van der Waals surface area (Å²) in [6.45, 7) is 1.90. The van der Waals surface area contributed by atoms with Gasteiger partial charge in [0.05, 0.1) is 15.7 Å². The number of aliphatic hydroxyl groups is 1. The van der Waals surface area contributed by atoms with E-state index in [9.17, 15) is 9.50 Å². The van der Waals surface area contributed by atoms with Crippen molar-refractivity contribution in [2.24, 2.45) is 0 Å². The van der Waals surface area contributed by atoms with Gasteiger partial charge in [-0.1, -0.05) is 6.92 Å². The molecular formula is C13H13BrFNOS. The van der Waals surface area contributed by atoms with Gasteiger partial charge in [0.25, 0.3) is 0 Å². The molecule has 2 aromatic heterocycles. The SMILES string of the molecule is CCC(O)(Cc1ccc(Br)s1)c1ccc(F)cn1. The maximum absolute atomic E-state index is 12.9. The third-order valence-corrected chi connectivity index (χ3v) is 4.51. The average Bonchev–Trinajstić information content (AvgIpc) is 2.75. The molecule has 0 aliphatic carbocycles. The summed E-state index contributed by atoms with van der Waals surface area (Å²) in [4.78, 5) is 5.06. The van der Waals surface area contributed by atoms with Crippen molar-refractivity contribution in [3.63, 3.8) is 0 Å². The van der Waals surface area contributed by atoms with Gasteiger partial charge in [-0.2, -0.15) is 0 Å². The van der Waals surface area contributed by atoms with Gasteiger partial charge in [-0.05, 0) is 46.6 Å². The lowest BCUT2D eigenvalue weighted by atomic mass is 9.91. The molecule has 0 aliphatic rings. The van der Waals surface area contributed by atoms with Crippen LogP contribution >= 0.6 is 27.3 Å². The molecule has 0 saturated heterocycles. The van der Waals surface area contributed by atoms with Crippen LogP contribution in [0.1, 0.15) is 23.9 Å². The van der Waals surface area contributed by atoms with Crippen molar-refractivity contribution in [2.45, 2.75) is 25.4 Å². The standard InChI is InChI=1S/C13H13BrFNOS/c1-2-13(17,7-10-4-6-12(14)18-10)11-5-3-9(15)8-16-11/h3-6,8,17H,2,7H2,1H3. The van der Waals surface area contributed by atoms with Crippen LogP contribution in [0.4, 0.5) is 4.39 Å². The van der Waals surface area contributed by atoms with Crippen LogP contribution in [0.5, 0.6) is 0 Å². The number of pyridine rings is 1. The zero-order chi connectivity index (χ0) is 13.2. The lowest BCUT2D eigenvalue weighted by molar-refractivity contribution is 0.0290.